The Balaban J connectivity index is 0.00000109. The second-order valence-electron chi connectivity index (χ2n) is 6.74. The summed E-state index contributed by atoms with van der Waals surface area (Å²) in [6, 6.07) is 10.2. The van der Waals surface area contributed by atoms with Crippen molar-refractivity contribution in [1.29, 1.82) is 0 Å². The molecule has 1 saturated heterocycles. The van der Waals surface area contributed by atoms with Gasteiger partial charge in [-0.2, -0.15) is 0 Å². The van der Waals surface area contributed by atoms with Crippen molar-refractivity contribution in [2.24, 2.45) is 0 Å². The quantitative estimate of drug-likeness (QED) is 0.789. The van der Waals surface area contributed by atoms with Crippen LogP contribution in [-0.4, -0.2) is 59.4 Å². The Morgan fingerprint density at radius 1 is 1.04 bits per heavy atom. The van der Waals surface area contributed by atoms with Crippen LogP contribution < -0.4 is 9.80 Å². The number of aromatic nitrogens is 2. The van der Waals surface area contributed by atoms with Crippen LogP contribution in [0.2, 0.25) is 0 Å². The molecule has 6 nitrogen and oxygen atoms in total. The standard InChI is InChI=1S/C19H23N5OS.C2H6/c1-14-11-18(21-15(2)20-14)23-9-7-22(8-10-23)13-24-16-5-3-4-6-17(16)26-12-19(24)25;1-2/h3-6,11H,7-10,12-13H2,1-2H3;1-2H3. The number of aryl methyl sites for hydroxylation is 2. The largest absolute Gasteiger partial charge is 0.354 e. The maximum atomic E-state index is 12.4. The molecule has 0 N–H and O–H groups in total. The lowest BCUT2D eigenvalue weighted by atomic mass is 10.2. The van der Waals surface area contributed by atoms with Crippen molar-refractivity contribution in [2.45, 2.75) is 32.6 Å². The molecule has 2 aromatic rings. The van der Waals surface area contributed by atoms with Crippen LogP contribution in [0.25, 0.3) is 0 Å². The molecule has 0 saturated carbocycles. The number of para-hydroxylation sites is 1. The fourth-order valence-electron chi connectivity index (χ4n) is 3.49. The molecule has 7 heteroatoms. The third-order valence-electron chi connectivity index (χ3n) is 4.80. The zero-order valence-corrected chi connectivity index (χ0v) is 18.0. The zero-order valence-electron chi connectivity index (χ0n) is 17.2. The van der Waals surface area contributed by atoms with Crippen LogP contribution in [0.5, 0.6) is 0 Å². The molecule has 1 aromatic heterocycles. The number of piperazine rings is 1. The van der Waals surface area contributed by atoms with Gasteiger partial charge in [0.05, 0.1) is 18.1 Å². The summed E-state index contributed by atoms with van der Waals surface area (Å²) in [5.74, 6) is 2.54. The maximum Gasteiger partial charge on any atom is 0.238 e. The van der Waals surface area contributed by atoms with Gasteiger partial charge in [0.25, 0.3) is 0 Å². The average molecular weight is 400 g/mol. The number of carbonyl (C=O) groups excluding carboxylic acids is 1. The van der Waals surface area contributed by atoms with Gasteiger partial charge in [0.2, 0.25) is 5.91 Å². The van der Waals surface area contributed by atoms with Crippen molar-refractivity contribution < 1.29 is 4.79 Å². The van der Waals surface area contributed by atoms with Crippen LogP contribution in [0.4, 0.5) is 11.5 Å². The maximum absolute atomic E-state index is 12.4. The van der Waals surface area contributed by atoms with E-state index in [4.69, 9.17) is 0 Å². The van der Waals surface area contributed by atoms with Crippen LogP contribution in [0.15, 0.2) is 35.2 Å². The van der Waals surface area contributed by atoms with Gasteiger partial charge in [0.15, 0.2) is 0 Å². The smallest absolute Gasteiger partial charge is 0.238 e. The van der Waals surface area contributed by atoms with Crippen molar-refractivity contribution in [1.82, 2.24) is 14.9 Å². The summed E-state index contributed by atoms with van der Waals surface area (Å²) in [4.78, 5) is 29.1. The molecule has 2 aliphatic rings. The minimum absolute atomic E-state index is 0.193. The molecule has 1 aromatic carbocycles. The molecule has 2 aliphatic heterocycles. The van der Waals surface area contributed by atoms with Gasteiger partial charge in [0, 0.05) is 42.8 Å². The van der Waals surface area contributed by atoms with Crippen molar-refractivity contribution in [3.63, 3.8) is 0 Å². The number of anilines is 2. The van der Waals surface area contributed by atoms with Gasteiger partial charge in [-0.05, 0) is 26.0 Å². The summed E-state index contributed by atoms with van der Waals surface area (Å²) in [5, 5.41) is 0. The van der Waals surface area contributed by atoms with E-state index in [-0.39, 0.29) is 5.91 Å². The normalized spacial score (nSPS) is 17.1. The first-order valence-electron chi connectivity index (χ1n) is 9.92. The van der Waals surface area contributed by atoms with E-state index in [9.17, 15) is 4.79 Å². The molecule has 0 atom stereocenters. The van der Waals surface area contributed by atoms with E-state index in [1.807, 2.05) is 56.9 Å². The third-order valence-corrected chi connectivity index (χ3v) is 5.85. The molecule has 0 aliphatic carbocycles. The molecule has 28 heavy (non-hydrogen) atoms. The number of nitrogens with zero attached hydrogens (tertiary/aromatic N) is 5. The molecular formula is C21H29N5OS. The van der Waals surface area contributed by atoms with Gasteiger partial charge < -0.3 is 4.90 Å². The fraction of sp³-hybridized carbons (Fsp3) is 0.476. The van der Waals surface area contributed by atoms with E-state index < -0.39 is 0 Å². The van der Waals surface area contributed by atoms with Crippen molar-refractivity contribution in [3.05, 3.63) is 41.9 Å². The fourth-order valence-corrected chi connectivity index (χ4v) is 4.42. The predicted molar refractivity (Wildman–Crippen MR) is 116 cm³/mol. The highest BCUT2D eigenvalue weighted by Crippen LogP contribution is 2.35. The molecule has 1 fully saturated rings. The molecule has 3 heterocycles. The topological polar surface area (TPSA) is 52.6 Å². The second-order valence-corrected chi connectivity index (χ2v) is 7.76. The summed E-state index contributed by atoms with van der Waals surface area (Å²) in [6.07, 6.45) is 0. The Hall–Kier alpha value is -2.12. The molecule has 1 amide bonds. The Bertz CT molecular complexity index is 800. The molecule has 4 rings (SSSR count). The third kappa shape index (κ3) is 4.64. The Kier molecular flexibility index (Phi) is 6.91. The lowest BCUT2D eigenvalue weighted by Crippen LogP contribution is -2.52. The van der Waals surface area contributed by atoms with E-state index in [0.29, 0.717) is 12.4 Å². The van der Waals surface area contributed by atoms with E-state index in [1.54, 1.807) is 11.8 Å². The van der Waals surface area contributed by atoms with Crippen molar-refractivity contribution in [3.8, 4) is 0 Å². The Morgan fingerprint density at radius 2 is 1.75 bits per heavy atom. The Labute approximate surface area is 172 Å². The number of hydrogen-bond donors (Lipinski definition) is 0. The van der Waals surface area contributed by atoms with E-state index in [0.717, 1.165) is 49.2 Å². The van der Waals surface area contributed by atoms with Gasteiger partial charge in [-0.3, -0.25) is 14.6 Å². The van der Waals surface area contributed by atoms with E-state index >= 15 is 0 Å². The van der Waals surface area contributed by atoms with Crippen LogP contribution in [-0.2, 0) is 4.79 Å². The van der Waals surface area contributed by atoms with Gasteiger partial charge in [-0.1, -0.05) is 26.0 Å². The lowest BCUT2D eigenvalue weighted by molar-refractivity contribution is -0.116. The summed E-state index contributed by atoms with van der Waals surface area (Å²) in [6.45, 7) is 12.3. The number of hydrogen-bond acceptors (Lipinski definition) is 6. The molecule has 150 valence electrons. The van der Waals surface area contributed by atoms with Gasteiger partial charge >= 0.3 is 0 Å². The monoisotopic (exact) mass is 399 g/mol. The summed E-state index contributed by atoms with van der Waals surface area (Å²) in [7, 11) is 0. The molecule has 0 radical (unpaired) electrons. The zero-order chi connectivity index (χ0) is 20.1. The molecule has 0 unspecified atom stereocenters. The molecule has 0 bridgehead atoms. The first-order chi connectivity index (χ1) is 13.6. The minimum atomic E-state index is 0.193. The first kappa shape index (κ1) is 20.6. The van der Waals surface area contributed by atoms with Crippen LogP contribution in [0, 0.1) is 13.8 Å². The second kappa shape index (κ2) is 9.39. The number of thioether (sulfide) groups is 1. The molecule has 0 spiro atoms. The van der Waals surface area contributed by atoms with E-state index in [2.05, 4.69) is 25.8 Å². The lowest BCUT2D eigenvalue weighted by Gasteiger charge is -2.39. The number of fused-ring (bicyclic) bond motifs is 1. The van der Waals surface area contributed by atoms with Crippen LogP contribution in [0.1, 0.15) is 25.4 Å². The molecular weight excluding hydrogens is 370 g/mol. The number of carbonyl (C=O) groups is 1. The predicted octanol–water partition coefficient (Wildman–Crippen LogP) is 3.34. The van der Waals surface area contributed by atoms with Crippen molar-refractivity contribution >= 4 is 29.2 Å². The average Bonchev–Trinajstić information content (AvgIpc) is 2.71. The van der Waals surface area contributed by atoms with Gasteiger partial charge in [-0.15, -0.1) is 11.8 Å². The van der Waals surface area contributed by atoms with Gasteiger partial charge in [-0.25, -0.2) is 9.97 Å². The Morgan fingerprint density at radius 3 is 2.46 bits per heavy atom. The summed E-state index contributed by atoms with van der Waals surface area (Å²) >= 11 is 1.63. The SMILES string of the molecule is CC.Cc1cc(N2CCN(CN3C(=O)CSc4ccccc43)CC2)nc(C)n1. The highest BCUT2D eigenvalue weighted by Gasteiger charge is 2.27. The first-order valence-corrected chi connectivity index (χ1v) is 10.9. The number of amides is 1. The minimum Gasteiger partial charge on any atom is -0.354 e. The van der Waals surface area contributed by atoms with Crippen molar-refractivity contribution in [2.75, 3.05) is 48.4 Å². The van der Waals surface area contributed by atoms with Crippen LogP contribution >= 0.6 is 11.8 Å². The highest BCUT2D eigenvalue weighted by molar-refractivity contribution is 8.00. The highest BCUT2D eigenvalue weighted by atomic mass is 32.2. The summed E-state index contributed by atoms with van der Waals surface area (Å²) in [5.41, 5.74) is 2.04. The van der Waals surface area contributed by atoms with Gasteiger partial charge in [0.1, 0.15) is 11.6 Å². The number of rotatable bonds is 3. The van der Waals surface area contributed by atoms with Crippen LogP contribution in [0.3, 0.4) is 0 Å². The number of benzene rings is 1. The summed E-state index contributed by atoms with van der Waals surface area (Å²) < 4.78 is 0. The van der Waals surface area contributed by atoms with E-state index in [1.165, 1.54) is 4.90 Å².